The molecule has 1 aromatic carbocycles. The smallest absolute Gasteiger partial charge is 0.338 e. The summed E-state index contributed by atoms with van der Waals surface area (Å²) < 4.78 is 45.0. The molecule has 1 saturated heterocycles. The van der Waals surface area contributed by atoms with E-state index in [0.717, 1.165) is 27.4 Å². The third kappa shape index (κ3) is 4.51. The van der Waals surface area contributed by atoms with Crippen LogP contribution in [-0.2, 0) is 24.3 Å². The number of imide groups is 1. The van der Waals surface area contributed by atoms with Crippen LogP contribution in [-0.4, -0.2) is 61.6 Å². The Balaban J connectivity index is 2.16. The van der Waals surface area contributed by atoms with Crippen molar-refractivity contribution >= 4 is 27.8 Å². The predicted octanol–water partition coefficient (Wildman–Crippen LogP) is 1.16. The van der Waals surface area contributed by atoms with Gasteiger partial charge < -0.3 is 4.74 Å². The average molecular weight is 400 g/mol. The summed E-state index contributed by atoms with van der Waals surface area (Å²) in [6.07, 6.45) is 0.827. The molecule has 1 aromatic rings. The van der Waals surface area contributed by atoms with Crippen molar-refractivity contribution in [2.75, 3.05) is 26.2 Å². The Morgan fingerprint density at radius 3 is 2.48 bits per heavy atom. The van der Waals surface area contributed by atoms with Crippen molar-refractivity contribution in [3.63, 3.8) is 0 Å². The van der Waals surface area contributed by atoms with Gasteiger partial charge in [0.05, 0.1) is 5.56 Å². The van der Waals surface area contributed by atoms with E-state index in [1.807, 2.05) is 0 Å². The van der Waals surface area contributed by atoms with Gasteiger partial charge in [0.2, 0.25) is 15.9 Å². The largest absolute Gasteiger partial charge is 0.452 e. The summed E-state index contributed by atoms with van der Waals surface area (Å²) in [6.45, 7) is 3.14. The predicted molar refractivity (Wildman–Crippen MR) is 92.7 cm³/mol. The summed E-state index contributed by atoms with van der Waals surface area (Å²) in [4.78, 5) is 35.9. The Kier molecular flexibility index (Phi) is 6.66. The summed E-state index contributed by atoms with van der Waals surface area (Å²) in [5.41, 5.74) is -0.206. The minimum Gasteiger partial charge on any atom is -0.452 e. The minimum atomic E-state index is -4.11. The van der Waals surface area contributed by atoms with Gasteiger partial charge >= 0.3 is 5.97 Å². The molecule has 1 heterocycles. The summed E-state index contributed by atoms with van der Waals surface area (Å²) >= 11 is 0. The van der Waals surface area contributed by atoms with Crippen molar-refractivity contribution in [2.24, 2.45) is 0 Å². The maximum atomic E-state index is 14.1. The van der Waals surface area contributed by atoms with E-state index in [9.17, 15) is 27.2 Å². The monoisotopic (exact) mass is 400 g/mol. The van der Waals surface area contributed by atoms with Gasteiger partial charge in [-0.1, -0.05) is 13.8 Å². The topological polar surface area (TPSA) is 101 Å². The second-order valence-corrected chi connectivity index (χ2v) is 7.76. The number of halogens is 1. The van der Waals surface area contributed by atoms with E-state index < -0.39 is 39.2 Å². The van der Waals surface area contributed by atoms with Crippen LogP contribution >= 0.6 is 0 Å². The highest BCUT2D eigenvalue weighted by Gasteiger charge is 2.29. The van der Waals surface area contributed by atoms with Crippen LogP contribution in [0.15, 0.2) is 23.1 Å². The molecule has 1 aliphatic rings. The van der Waals surface area contributed by atoms with Crippen LogP contribution in [0.1, 0.15) is 37.0 Å². The molecule has 10 heteroatoms. The average Bonchev–Trinajstić information content (AvgIpc) is 3.06. The van der Waals surface area contributed by atoms with Crippen LogP contribution in [0, 0.1) is 5.82 Å². The molecule has 0 saturated carbocycles. The fourth-order valence-corrected chi connectivity index (χ4v) is 4.28. The maximum absolute atomic E-state index is 14.1. The molecule has 0 aromatic heterocycles. The summed E-state index contributed by atoms with van der Waals surface area (Å²) in [5, 5.41) is 0. The first kappa shape index (κ1) is 21.0. The zero-order valence-corrected chi connectivity index (χ0v) is 15.9. The number of hydrogen-bond donors (Lipinski definition) is 0. The van der Waals surface area contributed by atoms with Crippen LogP contribution in [0.5, 0.6) is 0 Å². The van der Waals surface area contributed by atoms with Crippen LogP contribution in [0.25, 0.3) is 0 Å². The van der Waals surface area contributed by atoms with Crippen molar-refractivity contribution in [1.82, 2.24) is 9.21 Å². The molecule has 0 unspecified atom stereocenters. The van der Waals surface area contributed by atoms with Gasteiger partial charge in [0.1, 0.15) is 10.7 Å². The van der Waals surface area contributed by atoms with Gasteiger partial charge in [-0.3, -0.25) is 14.5 Å². The highest BCUT2D eigenvalue weighted by atomic mass is 32.2. The van der Waals surface area contributed by atoms with E-state index in [1.165, 1.54) is 0 Å². The van der Waals surface area contributed by atoms with Crippen LogP contribution in [0.3, 0.4) is 0 Å². The van der Waals surface area contributed by atoms with Crippen LogP contribution in [0.4, 0.5) is 4.39 Å². The van der Waals surface area contributed by atoms with E-state index in [4.69, 9.17) is 4.74 Å². The maximum Gasteiger partial charge on any atom is 0.338 e. The van der Waals surface area contributed by atoms with Crippen molar-refractivity contribution in [1.29, 1.82) is 0 Å². The van der Waals surface area contributed by atoms with Gasteiger partial charge in [0.25, 0.3) is 5.91 Å². The van der Waals surface area contributed by atoms with Gasteiger partial charge in [-0.25, -0.2) is 17.6 Å². The number of rotatable bonds is 7. The Hall–Kier alpha value is -2.33. The molecule has 0 N–H and O–H groups in total. The minimum absolute atomic E-state index is 0.144. The molecule has 1 aliphatic heterocycles. The quantitative estimate of drug-likeness (QED) is 0.637. The zero-order chi connectivity index (χ0) is 20.2. The number of benzene rings is 1. The van der Waals surface area contributed by atoms with E-state index in [1.54, 1.807) is 13.8 Å². The molecule has 148 valence electrons. The molecule has 0 radical (unpaired) electrons. The van der Waals surface area contributed by atoms with Crippen LogP contribution in [0.2, 0.25) is 0 Å². The molecule has 0 aliphatic carbocycles. The number of nitrogens with zero attached hydrogens (tertiary/aromatic N) is 2. The van der Waals surface area contributed by atoms with E-state index in [0.29, 0.717) is 6.42 Å². The SMILES string of the molecule is CCN(CC)S(=O)(=O)c1cc(C(=O)OCC(=O)N2CCCC2=O)ccc1F. The molecule has 2 rings (SSSR count). The number of esters is 1. The van der Waals surface area contributed by atoms with Gasteiger partial charge in [-0.05, 0) is 24.6 Å². The van der Waals surface area contributed by atoms with Gasteiger partial charge in [0.15, 0.2) is 6.61 Å². The van der Waals surface area contributed by atoms with Crippen molar-refractivity contribution in [3.05, 3.63) is 29.6 Å². The second kappa shape index (κ2) is 8.57. The highest BCUT2D eigenvalue weighted by molar-refractivity contribution is 7.89. The number of amides is 2. The van der Waals surface area contributed by atoms with Crippen molar-refractivity contribution in [2.45, 2.75) is 31.6 Å². The lowest BCUT2D eigenvalue weighted by molar-refractivity contribution is -0.143. The van der Waals surface area contributed by atoms with Crippen LogP contribution < -0.4 is 0 Å². The molecular formula is C17H21FN2O6S. The number of carbonyl (C=O) groups excluding carboxylic acids is 3. The first-order chi connectivity index (χ1) is 12.7. The normalized spacial score (nSPS) is 14.7. The Labute approximate surface area is 156 Å². The fourth-order valence-electron chi connectivity index (χ4n) is 2.73. The van der Waals surface area contributed by atoms with Crippen molar-refractivity contribution < 1.29 is 31.9 Å². The molecule has 1 fully saturated rings. The first-order valence-electron chi connectivity index (χ1n) is 8.52. The molecule has 27 heavy (non-hydrogen) atoms. The second-order valence-electron chi connectivity index (χ2n) is 5.85. The standard InChI is InChI=1S/C17H21FN2O6S/c1-3-19(4-2)27(24,25)14-10-12(7-8-13(14)18)17(23)26-11-16(22)20-9-5-6-15(20)21/h7-8,10H,3-6,9,11H2,1-2H3. The first-order valence-corrected chi connectivity index (χ1v) is 9.96. The Morgan fingerprint density at radius 2 is 1.93 bits per heavy atom. The Morgan fingerprint density at radius 1 is 1.26 bits per heavy atom. The molecule has 0 bridgehead atoms. The lowest BCUT2D eigenvalue weighted by Gasteiger charge is -2.19. The van der Waals surface area contributed by atoms with Gasteiger partial charge in [-0.15, -0.1) is 0 Å². The highest BCUT2D eigenvalue weighted by Crippen LogP contribution is 2.21. The molecule has 0 spiro atoms. The lowest BCUT2D eigenvalue weighted by atomic mass is 10.2. The third-order valence-electron chi connectivity index (χ3n) is 4.19. The van der Waals surface area contributed by atoms with E-state index in [-0.39, 0.29) is 37.5 Å². The fraction of sp³-hybridized carbons (Fsp3) is 0.471. The molecule has 8 nitrogen and oxygen atoms in total. The number of ether oxygens (including phenoxy) is 1. The number of hydrogen-bond acceptors (Lipinski definition) is 6. The molecular weight excluding hydrogens is 379 g/mol. The molecule has 2 amide bonds. The van der Waals surface area contributed by atoms with Gasteiger partial charge in [-0.2, -0.15) is 4.31 Å². The number of carbonyl (C=O) groups is 3. The summed E-state index contributed by atoms with van der Waals surface area (Å²) in [7, 11) is -4.11. The number of sulfonamides is 1. The Bertz CT molecular complexity index is 851. The molecule has 0 atom stereocenters. The zero-order valence-electron chi connectivity index (χ0n) is 15.1. The van der Waals surface area contributed by atoms with Gasteiger partial charge in [0, 0.05) is 26.1 Å². The van der Waals surface area contributed by atoms with Crippen molar-refractivity contribution in [3.8, 4) is 0 Å². The third-order valence-corrected chi connectivity index (χ3v) is 6.26. The summed E-state index contributed by atoms with van der Waals surface area (Å²) in [6, 6.07) is 2.82. The lowest BCUT2D eigenvalue weighted by Crippen LogP contribution is -2.35. The van der Waals surface area contributed by atoms with E-state index in [2.05, 4.69) is 0 Å². The van der Waals surface area contributed by atoms with E-state index >= 15 is 0 Å². The number of likely N-dealkylation sites (tertiary alicyclic amines) is 1. The summed E-state index contributed by atoms with van der Waals surface area (Å²) in [5.74, 6) is -2.95.